The summed E-state index contributed by atoms with van der Waals surface area (Å²) in [6.45, 7) is 0. The Labute approximate surface area is 188 Å². The summed E-state index contributed by atoms with van der Waals surface area (Å²) in [5.74, 6) is 1.04. The van der Waals surface area contributed by atoms with Crippen LogP contribution in [0.3, 0.4) is 0 Å². The molecule has 0 fully saturated rings. The van der Waals surface area contributed by atoms with Crippen LogP contribution in [0.2, 0.25) is 0 Å². The van der Waals surface area contributed by atoms with Gasteiger partial charge in [-0.15, -0.1) is 11.3 Å². The van der Waals surface area contributed by atoms with Crippen LogP contribution in [0, 0.1) is 0 Å². The Morgan fingerprint density at radius 2 is 1.59 bits per heavy atom. The summed E-state index contributed by atoms with van der Waals surface area (Å²) in [4.78, 5) is 4.73. The van der Waals surface area contributed by atoms with Gasteiger partial charge >= 0.3 is 0 Å². The normalized spacial score (nSPS) is 16.1. The summed E-state index contributed by atoms with van der Waals surface area (Å²) in [6.07, 6.45) is 8.41. The van der Waals surface area contributed by atoms with Crippen molar-refractivity contribution in [3.05, 3.63) is 109 Å². The van der Waals surface area contributed by atoms with Gasteiger partial charge in [0.2, 0.25) is 0 Å². The fraction of sp³-hybridized carbons (Fsp3) is 0.0357. The van der Waals surface area contributed by atoms with Crippen molar-refractivity contribution in [3.63, 3.8) is 0 Å². The molecule has 0 amide bonds. The van der Waals surface area contributed by atoms with Gasteiger partial charge in [0, 0.05) is 37.1 Å². The first kappa shape index (κ1) is 17.8. The molecule has 3 aromatic heterocycles. The smallest absolute Gasteiger partial charge is 0.146 e. The molecule has 0 spiro atoms. The zero-order chi connectivity index (χ0) is 21.1. The second kappa shape index (κ2) is 6.81. The third kappa shape index (κ3) is 2.50. The maximum atomic E-state index is 4.73. The van der Waals surface area contributed by atoms with Gasteiger partial charge in [-0.3, -0.25) is 4.57 Å². The highest BCUT2D eigenvalue weighted by Gasteiger charge is 2.21. The molecule has 1 aliphatic rings. The molecule has 152 valence electrons. The molecule has 0 saturated heterocycles. The third-order valence-electron chi connectivity index (χ3n) is 6.31. The Morgan fingerprint density at radius 1 is 0.781 bits per heavy atom. The standard InChI is InChI=1S/C28H19N3S/c1-3-14-24-18(8-1)21-12-7-17-29-28(21)31(24)26-16-6-13-23(30-26)22-11-5-10-20-19-9-2-4-15-25(19)32-27(20)22/h1-17,23,30H. The number of thiophene rings is 1. The fourth-order valence-electron chi connectivity index (χ4n) is 4.89. The van der Waals surface area contributed by atoms with E-state index in [1.165, 1.54) is 36.5 Å². The Kier molecular flexibility index (Phi) is 3.78. The van der Waals surface area contributed by atoms with Gasteiger partial charge in [-0.2, -0.15) is 0 Å². The third-order valence-corrected chi connectivity index (χ3v) is 7.54. The second-order valence-electron chi connectivity index (χ2n) is 8.11. The lowest BCUT2D eigenvalue weighted by molar-refractivity contribution is 0.741. The Bertz CT molecular complexity index is 1660. The molecule has 0 radical (unpaired) electrons. The molecule has 1 atom stereocenters. The van der Waals surface area contributed by atoms with E-state index in [1.54, 1.807) is 0 Å². The van der Waals surface area contributed by atoms with Gasteiger partial charge in [-0.05, 0) is 35.9 Å². The molecular formula is C28H19N3S. The molecular weight excluding hydrogens is 410 g/mol. The van der Waals surface area contributed by atoms with Crippen LogP contribution in [0.4, 0.5) is 0 Å². The maximum Gasteiger partial charge on any atom is 0.146 e. The number of hydrogen-bond donors (Lipinski definition) is 1. The number of dihydropyridines is 1. The lowest BCUT2D eigenvalue weighted by atomic mass is 10.0. The molecule has 0 aliphatic carbocycles. The van der Waals surface area contributed by atoms with Crippen LogP contribution in [0.15, 0.2) is 103 Å². The number of rotatable bonds is 2. The van der Waals surface area contributed by atoms with Gasteiger partial charge < -0.3 is 5.32 Å². The first-order valence-corrected chi connectivity index (χ1v) is 11.6. The Hall–Kier alpha value is -3.89. The van der Waals surface area contributed by atoms with E-state index in [2.05, 4.69) is 101 Å². The van der Waals surface area contributed by atoms with Crippen molar-refractivity contribution in [3.8, 4) is 0 Å². The average molecular weight is 430 g/mol. The first-order valence-electron chi connectivity index (χ1n) is 10.8. The number of fused-ring (bicyclic) bond motifs is 6. The molecule has 1 N–H and O–H groups in total. The molecule has 32 heavy (non-hydrogen) atoms. The predicted octanol–water partition coefficient (Wildman–Crippen LogP) is 7.26. The highest BCUT2D eigenvalue weighted by molar-refractivity contribution is 7.26. The predicted molar refractivity (Wildman–Crippen MR) is 136 cm³/mol. The summed E-state index contributed by atoms with van der Waals surface area (Å²) >= 11 is 1.87. The summed E-state index contributed by atoms with van der Waals surface area (Å²) in [5, 5.41) is 8.84. The molecule has 7 rings (SSSR count). The number of allylic oxidation sites excluding steroid dienone is 2. The van der Waals surface area contributed by atoms with Crippen LogP contribution < -0.4 is 5.32 Å². The second-order valence-corrected chi connectivity index (χ2v) is 9.16. The van der Waals surface area contributed by atoms with Gasteiger partial charge in [0.05, 0.1) is 11.6 Å². The van der Waals surface area contributed by atoms with Crippen LogP contribution in [0.25, 0.3) is 47.9 Å². The molecule has 1 unspecified atom stereocenters. The molecule has 0 bridgehead atoms. The molecule has 4 heterocycles. The highest BCUT2D eigenvalue weighted by Crippen LogP contribution is 2.39. The SMILES string of the molecule is C1=CC(c2cccc3c2sc2ccccc23)NC(n2c3ccccc3c3cccnc32)=C1. The number of para-hydroxylation sites is 1. The maximum absolute atomic E-state index is 4.73. The van der Waals surface area contributed by atoms with Crippen LogP contribution in [0.1, 0.15) is 11.6 Å². The molecule has 0 saturated carbocycles. The van der Waals surface area contributed by atoms with Gasteiger partial charge in [0.25, 0.3) is 0 Å². The summed E-state index contributed by atoms with van der Waals surface area (Å²) in [7, 11) is 0. The van der Waals surface area contributed by atoms with Crippen molar-refractivity contribution in [2.24, 2.45) is 0 Å². The minimum atomic E-state index is 0.0895. The summed E-state index contributed by atoms with van der Waals surface area (Å²) in [6, 6.07) is 28.1. The number of nitrogens with zero attached hydrogens (tertiary/aromatic N) is 2. The van der Waals surface area contributed by atoms with E-state index in [0.29, 0.717) is 0 Å². The lowest BCUT2D eigenvalue weighted by Gasteiger charge is -2.24. The van der Waals surface area contributed by atoms with Crippen molar-refractivity contribution < 1.29 is 0 Å². The highest BCUT2D eigenvalue weighted by atomic mass is 32.1. The van der Waals surface area contributed by atoms with Gasteiger partial charge in [-0.25, -0.2) is 4.98 Å². The van der Waals surface area contributed by atoms with Crippen molar-refractivity contribution in [2.45, 2.75) is 6.04 Å². The number of aromatic nitrogens is 2. The van der Waals surface area contributed by atoms with Crippen LogP contribution >= 0.6 is 11.3 Å². The van der Waals surface area contributed by atoms with E-state index in [0.717, 1.165) is 17.0 Å². The summed E-state index contributed by atoms with van der Waals surface area (Å²) < 4.78 is 4.92. The van der Waals surface area contributed by atoms with Gasteiger partial charge in [0.1, 0.15) is 11.5 Å². The summed E-state index contributed by atoms with van der Waals surface area (Å²) in [5.41, 5.74) is 3.44. The van der Waals surface area contributed by atoms with E-state index in [4.69, 9.17) is 4.98 Å². The topological polar surface area (TPSA) is 29.9 Å². The number of hydrogen-bond acceptors (Lipinski definition) is 3. The van der Waals surface area contributed by atoms with E-state index in [-0.39, 0.29) is 6.04 Å². The number of benzene rings is 3. The minimum Gasteiger partial charge on any atom is -0.361 e. The first-order chi connectivity index (χ1) is 15.9. The van der Waals surface area contributed by atoms with Gasteiger partial charge in [-0.1, -0.05) is 66.7 Å². The molecule has 3 nitrogen and oxygen atoms in total. The van der Waals surface area contributed by atoms with E-state index >= 15 is 0 Å². The monoisotopic (exact) mass is 429 g/mol. The largest absolute Gasteiger partial charge is 0.361 e. The zero-order valence-corrected chi connectivity index (χ0v) is 18.0. The van der Waals surface area contributed by atoms with Gasteiger partial charge in [0.15, 0.2) is 0 Å². The lowest BCUT2D eigenvalue weighted by Crippen LogP contribution is -2.24. The molecule has 3 aromatic carbocycles. The van der Waals surface area contributed by atoms with E-state index in [9.17, 15) is 0 Å². The Morgan fingerprint density at radius 3 is 2.56 bits per heavy atom. The quantitative estimate of drug-likeness (QED) is 0.314. The fourth-order valence-corrected chi connectivity index (χ4v) is 6.14. The zero-order valence-electron chi connectivity index (χ0n) is 17.2. The number of nitrogens with one attached hydrogen (secondary N) is 1. The van der Waals surface area contributed by atoms with Crippen molar-refractivity contribution in [1.82, 2.24) is 14.9 Å². The van der Waals surface area contributed by atoms with Crippen LogP contribution in [-0.2, 0) is 0 Å². The molecule has 1 aliphatic heterocycles. The van der Waals surface area contributed by atoms with E-state index in [1.807, 2.05) is 23.6 Å². The van der Waals surface area contributed by atoms with Crippen LogP contribution in [-0.4, -0.2) is 9.55 Å². The Balaban J connectivity index is 1.39. The van der Waals surface area contributed by atoms with Crippen molar-refractivity contribution >= 4 is 59.3 Å². The molecule has 4 heteroatoms. The number of pyridine rings is 1. The minimum absolute atomic E-state index is 0.0895. The van der Waals surface area contributed by atoms with Crippen LogP contribution in [0.5, 0.6) is 0 Å². The van der Waals surface area contributed by atoms with Crippen molar-refractivity contribution in [1.29, 1.82) is 0 Å². The van der Waals surface area contributed by atoms with Crippen molar-refractivity contribution in [2.75, 3.05) is 0 Å². The molecule has 6 aromatic rings. The van der Waals surface area contributed by atoms with E-state index < -0.39 is 0 Å². The average Bonchev–Trinajstić information content (AvgIpc) is 3.40.